The van der Waals surface area contributed by atoms with E-state index in [4.69, 9.17) is 14.2 Å². The lowest BCUT2D eigenvalue weighted by atomic mass is 10.0. The molecule has 0 aliphatic rings. The molecule has 0 unspecified atom stereocenters. The monoisotopic (exact) mass is 405 g/mol. The number of fused-ring (bicyclic) bond motifs is 3. The predicted octanol–water partition coefficient (Wildman–Crippen LogP) is 4.68. The summed E-state index contributed by atoms with van der Waals surface area (Å²) in [7, 11) is 2.97. The Kier molecular flexibility index (Phi) is 5.23. The number of methoxy groups -OCH3 is 2. The molecule has 30 heavy (non-hydrogen) atoms. The van der Waals surface area contributed by atoms with Gasteiger partial charge in [0.15, 0.2) is 0 Å². The summed E-state index contributed by atoms with van der Waals surface area (Å²) >= 11 is 0. The van der Waals surface area contributed by atoms with Crippen molar-refractivity contribution in [3.8, 4) is 17.2 Å². The Morgan fingerprint density at radius 1 is 0.967 bits per heavy atom. The fourth-order valence-electron chi connectivity index (χ4n) is 3.90. The van der Waals surface area contributed by atoms with Gasteiger partial charge in [0, 0.05) is 27.9 Å². The second kappa shape index (κ2) is 7.99. The number of nitrogens with zero attached hydrogens (tertiary/aromatic N) is 1. The molecule has 4 rings (SSSR count). The Morgan fingerprint density at radius 3 is 2.43 bits per heavy atom. The standard InChI is InChI=1S/C24H23NO5/c1-15-22(24(27)29-3)20-14-21(26)18-9-4-5-10-19(18)23(20)25(15)11-12-30-17-8-6-7-16(13-17)28-2/h4-10,13-14,26H,11-12H2,1-3H3. The number of esters is 1. The van der Waals surface area contributed by atoms with Crippen molar-refractivity contribution >= 4 is 27.6 Å². The fourth-order valence-corrected chi connectivity index (χ4v) is 3.90. The van der Waals surface area contributed by atoms with Gasteiger partial charge in [0.2, 0.25) is 0 Å². The van der Waals surface area contributed by atoms with E-state index in [1.807, 2.05) is 60.0 Å². The molecule has 1 N–H and O–H groups in total. The zero-order valence-corrected chi connectivity index (χ0v) is 17.1. The van der Waals surface area contributed by atoms with Gasteiger partial charge in [-0.25, -0.2) is 4.79 Å². The minimum atomic E-state index is -0.431. The van der Waals surface area contributed by atoms with Crippen LogP contribution in [0, 0.1) is 6.92 Å². The number of rotatable bonds is 6. The summed E-state index contributed by atoms with van der Waals surface area (Å²) in [4.78, 5) is 12.5. The SMILES string of the molecule is COC(=O)c1c(C)n(CCOc2cccc(OC)c2)c2c1cc(O)c1ccccc12. The van der Waals surface area contributed by atoms with Crippen molar-refractivity contribution in [3.63, 3.8) is 0 Å². The van der Waals surface area contributed by atoms with E-state index in [-0.39, 0.29) is 5.75 Å². The smallest absolute Gasteiger partial charge is 0.340 e. The Hall–Kier alpha value is -3.67. The summed E-state index contributed by atoms with van der Waals surface area (Å²) in [5.41, 5.74) is 2.09. The van der Waals surface area contributed by atoms with E-state index in [0.29, 0.717) is 29.9 Å². The molecule has 0 bridgehead atoms. The summed E-state index contributed by atoms with van der Waals surface area (Å²) in [6, 6.07) is 16.7. The van der Waals surface area contributed by atoms with Crippen LogP contribution in [0.25, 0.3) is 21.7 Å². The van der Waals surface area contributed by atoms with Crippen LogP contribution >= 0.6 is 0 Å². The van der Waals surface area contributed by atoms with Crippen LogP contribution in [-0.2, 0) is 11.3 Å². The number of aromatic hydroxyl groups is 1. The molecular weight excluding hydrogens is 382 g/mol. The largest absolute Gasteiger partial charge is 0.507 e. The first-order valence-electron chi connectivity index (χ1n) is 9.63. The molecular formula is C24H23NO5. The van der Waals surface area contributed by atoms with E-state index in [9.17, 15) is 9.90 Å². The summed E-state index contributed by atoms with van der Waals surface area (Å²) in [6.45, 7) is 2.79. The van der Waals surface area contributed by atoms with E-state index < -0.39 is 5.97 Å². The van der Waals surface area contributed by atoms with Crippen LogP contribution in [0.3, 0.4) is 0 Å². The van der Waals surface area contributed by atoms with Crippen molar-refractivity contribution < 1.29 is 24.1 Å². The van der Waals surface area contributed by atoms with Crippen LogP contribution in [0.1, 0.15) is 16.1 Å². The molecule has 6 heteroatoms. The maximum absolute atomic E-state index is 12.5. The molecule has 0 saturated heterocycles. The van der Waals surface area contributed by atoms with Crippen molar-refractivity contribution in [2.75, 3.05) is 20.8 Å². The van der Waals surface area contributed by atoms with Gasteiger partial charge < -0.3 is 23.9 Å². The highest BCUT2D eigenvalue weighted by Crippen LogP contribution is 2.37. The average molecular weight is 405 g/mol. The van der Waals surface area contributed by atoms with Gasteiger partial charge in [-0.05, 0) is 25.1 Å². The zero-order valence-electron chi connectivity index (χ0n) is 17.1. The number of hydrogen-bond acceptors (Lipinski definition) is 5. The third kappa shape index (κ3) is 3.30. The van der Waals surface area contributed by atoms with Crippen molar-refractivity contribution in [3.05, 3.63) is 65.9 Å². The molecule has 0 spiro atoms. The molecule has 0 aliphatic carbocycles. The van der Waals surface area contributed by atoms with Crippen LogP contribution in [-0.4, -0.2) is 36.5 Å². The number of carbonyl (C=O) groups is 1. The van der Waals surface area contributed by atoms with Crippen LogP contribution in [0.2, 0.25) is 0 Å². The number of phenolic OH excluding ortho intramolecular Hbond substituents is 1. The minimum absolute atomic E-state index is 0.132. The lowest BCUT2D eigenvalue weighted by Gasteiger charge is -2.12. The molecule has 0 aliphatic heterocycles. The van der Waals surface area contributed by atoms with Gasteiger partial charge in [-0.2, -0.15) is 0 Å². The quantitative estimate of drug-likeness (QED) is 0.472. The second-order valence-corrected chi connectivity index (χ2v) is 6.97. The first-order valence-corrected chi connectivity index (χ1v) is 9.63. The molecule has 0 amide bonds. The van der Waals surface area contributed by atoms with Crippen molar-refractivity contribution in [2.24, 2.45) is 0 Å². The van der Waals surface area contributed by atoms with Gasteiger partial charge >= 0.3 is 5.97 Å². The first kappa shape index (κ1) is 19.6. The topological polar surface area (TPSA) is 69.9 Å². The molecule has 0 radical (unpaired) electrons. The first-order chi connectivity index (χ1) is 14.5. The highest BCUT2D eigenvalue weighted by molar-refractivity contribution is 6.16. The summed E-state index contributed by atoms with van der Waals surface area (Å²) < 4.78 is 18.2. The van der Waals surface area contributed by atoms with Gasteiger partial charge in [-0.3, -0.25) is 0 Å². The summed E-state index contributed by atoms with van der Waals surface area (Å²) in [5, 5.41) is 12.8. The number of aromatic nitrogens is 1. The van der Waals surface area contributed by atoms with Gasteiger partial charge in [-0.1, -0.05) is 30.3 Å². The third-order valence-corrected chi connectivity index (χ3v) is 5.31. The highest BCUT2D eigenvalue weighted by atomic mass is 16.5. The summed E-state index contributed by atoms with van der Waals surface area (Å²) in [5.74, 6) is 1.14. The Balaban J connectivity index is 1.79. The summed E-state index contributed by atoms with van der Waals surface area (Å²) in [6.07, 6.45) is 0. The van der Waals surface area contributed by atoms with Crippen molar-refractivity contribution in [1.82, 2.24) is 4.57 Å². The molecule has 4 aromatic rings. The molecule has 0 saturated carbocycles. The Morgan fingerprint density at radius 2 is 1.70 bits per heavy atom. The van der Waals surface area contributed by atoms with E-state index in [2.05, 4.69) is 0 Å². The highest BCUT2D eigenvalue weighted by Gasteiger charge is 2.23. The second-order valence-electron chi connectivity index (χ2n) is 6.97. The molecule has 6 nitrogen and oxygen atoms in total. The Bertz CT molecular complexity index is 1240. The molecule has 154 valence electrons. The number of phenols is 1. The van der Waals surface area contributed by atoms with Crippen LogP contribution in [0.4, 0.5) is 0 Å². The number of benzene rings is 3. The maximum atomic E-state index is 12.5. The van der Waals surface area contributed by atoms with E-state index in [0.717, 1.165) is 27.7 Å². The number of hydrogen-bond donors (Lipinski definition) is 1. The van der Waals surface area contributed by atoms with Crippen LogP contribution in [0.5, 0.6) is 17.2 Å². The lowest BCUT2D eigenvalue weighted by Crippen LogP contribution is -2.11. The number of ether oxygens (including phenoxy) is 3. The van der Waals surface area contributed by atoms with Crippen LogP contribution in [0.15, 0.2) is 54.6 Å². The van der Waals surface area contributed by atoms with Gasteiger partial charge in [0.05, 0.1) is 31.8 Å². The fraction of sp³-hybridized carbons (Fsp3) is 0.208. The van der Waals surface area contributed by atoms with E-state index >= 15 is 0 Å². The van der Waals surface area contributed by atoms with E-state index in [1.165, 1.54) is 7.11 Å². The molecule has 0 atom stereocenters. The van der Waals surface area contributed by atoms with E-state index in [1.54, 1.807) is 13.2 Å². The predicted molar refractivity (Wildman–Crippen MR) is 116 cm³/mol. The lowest BCUT2D eigenvalue weighted by molar-refractivity contribution is 0.0601. The molecule has 1 heterocycles. The van der Waals surface area contributed by atoms with Gasteiger partial charge in [-0.15, -0.1) is 0 Å². The minimum Gasteiger partial charge on any atom is -0.507 e. The third-order valence-electron chi connectivity index (χ3n) is 5.31. The normalized spacial score (nSPS) is 11.0. The molecule has 1 aromatic heterocycles. The van der Waals surface area contributed by atoms with Crippen molar-refractivity contribution in [2.45, 2.75) is 13.5 Å². The average Bonchev–Trinajstić information content (AvgIpc) is 3.05. The molecule has 3 aromatic carbocycles. The van der Waals surface area contributed by atoms with Crippen molar-refractivity contribution in [1.29, 1.82) is 0 Å². The van der Waals surface area contributed by atoms with Gasteiger partial charge in [0.1, 0.15) is 23.9 Å². The van der Waals surface area contributed by atoms with Gasteiger partial charge in [0.25, 0.3) is 0 Å². The zero-order chi connectivity index (χ0) is 21.3. The molecule has 0 fully saturated rings. The maximum Gasteiger partial charge on any atom is 0.340 e. The number of carbonyl (C=O) groups excluding carboxylic acids is 1. The van der Waals surface area contributed by atoms with Crippen LogP contribution < -0.4 is 9.47 Å². The Labute approximate surface area is 174 Å².